The minimum atomic E-state index is -0.863. The minimum absolute atomic E-state index is 0.0596. The molecule has 0 aliphatic carbocycles. The van der Waals surface area contributed by atoms with E-state index in [0.29, 0.717) is 158 Å². The lowest BCUT2D eigenvalue weighted by Crippen LogP contribution is -2.15. The summed E-state index contributed by atoms with van der Waals surface area (Å²) in [6.45, 7) is 14.5. The second-order valence-electron chi connectivity index (χ2n) is 13.7. The van der Waals surface area contributed by atoms with E-state index in [-0.39, 0.29) is 32.0 Å². The first-order chi connectivity index (χ1) is 29.2. The topological polar surface area (TPSA) is 174 Å². The summed E-state index contributed by atoms with van der Waals surface area (Å²) in [6, 6.07) is 0. The molecule has 0 fully saturated rings. The van der Waals surface area contributed by atoms with E-state index < -0.39 is 5.97 Å². The summed E-state index contributed by atoms with van der Waals surface area (Å²) in [5, 5.41) is 8.57. The van der Waals surface area contributed by atoms with E-state index in [0.717, 1.165) is 13.0 Å². The monoisotopic (exact) mass is 857 g/mol. The van der Waals surface area contributed by atoms with Gasteiger partial charge in [-0.15, -0.1) is 0 Å². The normalized spacial score (nSPS) is 11.5. The molecule has 0 saturated heterocycles. The standard InChI is InChI=1S/C43H84O16/c1-2-3-4-5-6-7-8-9-10-11-14-17-47-18-19-48-20-21-49-22-23-50-24-25-51-26-27-52-28-29-53-30-31-54-32-33-55-34-35-56-36-37-57-38-39-58-40-41-59-43(46)16-13-12-15-42(44)45/h2-41H2,1H3,(H,44,45). The number of ether oxygens (including phenoxy) is 13. The van der Waals surface area contributed by atoms with Gasteiger partial charge in [0.1, 0.15) is 6.61 Å². The number of hydrogen-bond donors (Lipinski definition) is 1. The van der Waals surface area contributed by atoms with Crippen LogP contribution in [0.4, 0.5) is 0 Å². The van der Waals surface area contributed by atoms with Gasteiger partial charge in [0.25, 0.3) is 0 Å². The van der Waals surface area contributed by atoms with Crippen molar-refractivity contribution in [2.24, 2.45) is 0 Å². The van der Waals surface area contributed by atoms with E-state index in [1.807, 2.05) is 0 Å². The Hall–Kier alpha value is -1.54. The molecule has 0 aromatic heterocycles. The second-order valence-corrected chi connectivity index (χ2v) is 13.7. The molecule has 0 aromatic rings. The van der Waals surface area contributed by atoms with Gasteiger partial charge in [0, 0.05) is 19.4 Å². The molecule has 1 N–H and O–H groups in total. The van der Waals surface area contributed by atoms with E-state index in [1.165, 1.54) is 64.2 Å². The van der Waals surface area contributed by atoms with Crippen LogP contribution in [-0.4, -0.2) is 182 Å². The minimum Gasteiger partial charge on any atom is -0.481 e. The zero-order valence-corrected chi connectivity index (χ0v) is 36.9. The van der Waals surface area contributed by atoms with Gasteiger partial charge in [0.05, 0.1) is 152 Å². The van der Waals surface area contributed by atoms with E-state index in [1.54, 1.807) is 0 Å². The van der Waals surface area contributed by atoms with Crippen LogP contribution >= 0.6 is 0 Å². The van der Waals surface area contributed by atoms with Crippen molar-refractivity contribution in [2.45, 2.75) is 103 Å². The summed E-state index contributed by atoms with van der Waals surface area (Å²) in [5.41, 5.74) is 0. The quantitative estimate of drug-likeness (QED) is 0.0584. The number of rotatable bonds is 53. The number of carboxylic acid groups (broad SMARTS) is 1. The highest BCUT2D eigenvalue weighted by atomic mass is 16.6. The lowest BCUT2D eigenvalue weighted by molar-refractivity contribution is -0.146. The highest BCUT2D eigenvalue weighted by Gasteiger charge is 2.04. The van der Waals surface area contributed by atoms with Gasteiger partial charge in [-0.25, -0.2) is 0 Å². The largest absolute Gasteiger partial charge is 0.481 e. The first-order valence-corrected chi connectivity index (χ1v) is 22.5. The molecule has 0 atom stereocenters. The van der Waals surface area contributed by atoms with E-state index in [9.17, 15) is 9.59 Å². The molecule has 59 heavy (non-hydrogen) atoms. The Morgan fingerprint density at radius 1 is 0.288 bits per heavy atom. The van der Waals surface area contributed by atoms with Crippen LogP contribution in [0.5, 0.6) is 0 Å². The van der Waals surface area contributed by atoms with Crippen molar-refractivity contribution >= 4 is 11.9 Å². The Morgan fingerprint density at radius 3 is 0.814 bits per heavy atom. The van der Waals surface area contributed by atoms with Crippen molar-refractivity contribution in [3.05, 3.63) is 0 Å². The first-order valence-electron chi connectivity index (χ1n) is 22.5. The van der Waals surface area contributed by atoms with Crippen LogP contribution in [0.15, 0.2) is 0 Å². The molecule has 16 nitrogen and oxygen atoms in total. The van der Waals surface area contributed by atoms with Gasteiger partial charge in [-0.05, 0) is 19.3 Å². The summed E-state index contributed by atoms with van der Waals surface area (Å²) in [5.74, 6) is -1.21. The van der Waals surface area contributed by atoms with Crippen molar-refractivity contribution < 1.29 is 76.3 Å². The predicted octanol–water partition coefficient (Wildman–Crippen LogP) is 5.68. The molecule has 0 rings (SSSR count). The molecule has 0 spiro atoms. The predicted molar refractivity (Wildman–Crippen MR) is 223 cm³/mol. The number of hydrogen-bond acceptors (Lipinski definition) is 15. The fraction of sp³-hybridized carbons (Fsp3) is 0.953. The molecular formula is C43H84O16. The van der Waals surface area contributed by atoms with Gasteiger partial charge in [0.15, 0.2) is 0 Å². The molecule has 0 radical (unpaired) electrons. The summed E-state index contributed by atoms with van der Waals surface area (Å²) >= 11 is 0. The lowest BCUT2D eigenvalue weighted by atomic mass is 10.1. The highest BCUT2D eigenvalue weighted by molar-refractivity contribution is 5.69. The molecule has 352 valence electrons. The van der Waals surface area contributed by atoms with Crippen molar-refractivity contribution in [2.75, 3.05) is 165 Å². The fourth-order valence-corrected chi connectivity index (χ4v) is 5.22. The molecule has 0 saturated carbocycles. The first kappa shape index (κ1) is 57.5. The van der Waals surface area contributed by atoms with E-state index in [4.69, 9.17) is 66.7 Å². The van der Waals surface area contributed by atoms with Crippen LogP contribution < -0.4 is 0 Å². The van der Waals surface area contributed by atoms with Crippen molar-refractivity contribution in [1.82, 2.24) is 0 Å². The number of carboxylic acids is 1. The van der Waals surface area contributed by atoms with Crippen LogP contribution in [0.25, 0.3) is 0 Å². The van der Waals surface area contributed by atoms with Gasteiger partial charge >= 0.3 is 11.9 Å². The fourth-order valence-electron chi connectivity index (χ4n) is 5.22. The average Bonchev–Trinajstić information content (AvgIpc) is 3.23. The van der Waals surface area contributed by atoms with Crippen LogP contribution in [-0.2, 0) is 71.2 Å². The van der Waals surface area contributed by atoms with Crippen LogP contribution in [0.2, 0.25) is 0 Å². The maximum Gasteiger partial charge on any atom is 0.305 e. The number of esters is 1. The highest BCUT2D eigenvalue weighted by Crippen LogP contribution is 2.11. The van der Waals surface area contributed by atoms with E-state index in [2.05, 4.69) is 6.92 Å². The molecule has 0 aromatic carbocycles. The molecular weight excluding hydrogens is 772 g/mol. The lowest BCUT2D eigenvalue weighted by Gasteiger charge is -2.09. The average molecular weight is 857 g/mol. The van der Waals surface area contributed by atoms with Gasteiger partial charge in [-0.3, -0.25) is 9.59 Å². The second kappa shape index (κ2) is 52.6. The zero-order valence-electron chi connectivity index (χ0n) is 36.9. The third-order valence-corrected chi connectivity index (χ3v) is 8.50. The Morgan fingerprint density at radius 2 is 0.525 bits per heavy atom. The smallest absolute Gasteiger partial charge is 0.305 e. The molecule has 0 amide bonds. The van der Waals surface area contributed by atoms with Crippen molar-refractivity contribution in [3.8, 4) is 0 Å². The van der Waals surface area contributed by atoms with Crippen LogP contribution in [0.1, 0.15) is 103 Å². The Kier molecular flexibility index (Phi) is 51.2. The van der Waals surface area contributed by atoms with Gasteiger partial charge in [0.2, 0.25) is 0 Å². The van der Waals surface area contributed by atoms with E-state index >= 15 is 0 Å². The molecule has 0 unspecified atom stereocenters. The summed E-state index contributed by atoms with van der Waals surface area (Å²) < 4.78 is 71.0. The molecule has 0 bridgehead atoms. The van der Waals surface area contributed by atoms with Crippen LogP contribution in [0, 0.1) is 0 Å². The number of unbranched alkanes of at least 4 members (excludes halogenated alkanes) is 11. The Bertz CT molecular complexity index is 825. The number of carbonyl (C=O) groups excluding carboxylic acids is 1. The summed E-state index contributed by atoms with van der Waals surface area (Å²) in [4.78, 5) is 21.9. The van der Waals surface area contributed by atoms with Gasteiger partial charge in [-0.1, -0.05) is 71.1 Å². The molecule has 0 aliphatic heterocycles. The zero-order chi connectivity index (χ0) is 42.6. The number of aliphatic carboxylic acids is 1. The Labute approximate surface area is 356 Å². The summed E-state index contributed by atoms with van der Waals surface area (Å²) in [6.07, 6.45) is 16.0. The maximum absolute atomic E-state index is 11.5. The molecule has 16 heteroatoms. The third-order valence-electron chi connectivity index (χ3n) is 8.50. The number of carbonyl (C=O) groups is 2. The van der Waals surface area contributed by atoms with Crippen molar-refractivity contribution in [3.63, 3.8) is 0 Å². The molecule has 0 heterocycles. The van der Waals surface area contributed by atoms with Gasteiger partial charge in [-0.2, -0.15) is 0 Å². The SMILES string of the molecule is CCCCCCCCCCCCCOCCOCCOCCOCCOCCOCCOCCOCCOCCOCCOCCOCCOC(=O)CCCCC(=O)O. The Balaban J connectivity index is 3.09. The van der Waals surface area contributed by atoms with Gasteiger partial charge < -0.3 is 66.7 Å². The molecule has 0 aliphatic rings. The maximum atomic E-state index is 11.5. The summed E-state index contributed by atoms with van der Waals surface area (Å²) in [7, 11) is 0. The van der Waals surface area contributed by atoms with Crippen molar-refractivity contribution in [1.29, 1.82) is 0 Å². The van der Waals surface area contributed by atoms with Crippen LogP contribution in [0.3, 0.4) is 0 Å². The third kappa shape index (κ3) is 54.4.